The van der Waals surface area contributed by atoms with Crippen LogP contribution in [0.5, 0.6) is 0 Å². The third-order valence-electron chi connectivity index (χ3n) is 3.46. The van der Waals surface area contributed by atoms with Gasteiger partial charge in [-0.15, -0.1) is 5.10 Å². The predicted molar refractivity (Wildman–Crippen MR) is 85.9 cm³/mol. The van der Waals surface area contributed by atoms with E-state index in [1.54, 1.807) is 24.3 Å². The van der Waals surface area contributed by atoms with Crippen molar-refractivity contribution in [2.45, 2.75) is 6.54 Å². The number of rotatable bonds is 4. The van der Waals surface area contributed by atoms with Crippen molar-refractivity contribution in [1.29, 1.82) is 0 Å². The number of halogens is 1. The molecule has 2 N–H and O–H groups in total. The highest BCUT2D eigenvalue weighted by Gasteiger charge is 2.14. The van der Waals surface area contributed by atoms with Crippen molar-refractivity contribution in [3.63, 3.8) is 0 Å². The van der Waals surface area contributed by atoms with Gasteiger partial charge in [-0.3, -0.25) is 14.9 Å². The smallest absolute Gasteiger partial charge is 0.258 e. The fourth-order valence-electron chi connectivity index (χ4n) is 2.28. The molecule has 2 amide bonds. The second-order valence-corrected chi connectivity index (χ2v) is 5.03. The number of nitrogens with one attached hydrogen (secondary N) is 2. The standard InChI is InChI=1S/C16H14FN5O2/c1-18-14(23)8-22-9-19-16(21-22)20-15(24)12-6-7-13(17)11-5-3-2-4-10(11)12/h2-7,9H,8H2,1H3,(H,18,23)(H,20,21,24). The van der Waals surface area contributed by atoms with E-state index in [9.17, 15) is 14.0 Å². The number of amides is 2. The Hall–Kier alpha value is -3.29. The van der Waals surface area contributed by atoms with E-state index < -0.39 is 11.7 Å². The molecule has 0 aliphatic rings. The van der Waals surface area contributed by atoms with E-state index in [0.29, 0.717) is 16.3 Å². The van der Waals surface area contributed by atoms with Crippen molar-refractivity contribution in [3.05, 3.63) is 54.1 Å². The number of hydrogen-bond acceptors (Lipinski definition) is 4. The maximum atomic E-state index is 13.8. The van der Waals surface area contributed by atoms with E-state index in [1.165, 1.54) is 30.2 Å². The molecule has 24 heavy (non-hydrogen) atoms. The molecule has 8 heteroatoms. The molecule has 0 spiro atoms. The van der Waals surface area contributed by atoms with E-state index in [4.69, 9.17) is 0 Å². The van der Waals surface area contributed by atoms with Gasteiger partial charge in [-0.05, 0) is 17.5 Å². The van der Waals surface area contributed by atoms with Gasteiger partial charge in [-0.1, -0.05) is 24.3 Å². The monoisotopic (exact) mass is 327 g/mol. The average Bonchev–Trinajstić information content (AvgIpc) is 3.02. The second-order valence-electron chi connectivity index (χ2n) is 5.03. The first kappa shape index (κ1) is 15.6. The molecule has 122 valence electrons. The molecule has 1 aromatic heterocycles. The molecule has 0 saturated heterocycles. The Morgan fingerprint density at radius 3 is 2.67 bits per heavy atom. The van der Waals surface area contributed by atoms with E-state index in [2.05, 4.69) is 20.7 Å². The molecule has 1 heterocycles. The van der Waals surface area contributed by atoms with Gasteiger partial charge in [0.2, 0.25) is 11.9 Å². The van der Waals surface area contributed by atoms with Gasteiger partial charge in [0.25, 0.3) is 5.91 Å². The Bertz CT molecular complexity index is 922. The Balaban J connectivity index is 1.83. The number of aromatic nitrogens is 3. The van der Waals surface area contributed by atoms with Crippen LogP contribution in [-0.4, -0.2) is 33.6 Å². The Kier molecular flexibility index (Phi) is 4.19. The van der Waals surface area contributed by atoms with Crippen molar-refractivity contribution in [1.82, 2.24) is 20.1 Å². The van der Waals surface area contributed by atoms with Crippen LogP contribution in [0, 0.1) is 5.82 Å². The first-order valence-electron chi connectivity index (χ1n) is 7.17. The number of fused-ring (bicyclic) bond motifs is 1. The SMILES string of the molecule is CNC(=O)Cn1cnc(NC(=O)c2ccc(F)c3ccccc23)n1. The molecule has 7 nitrogen and oxygen atoms in total. The van der Waals surface area contributed by atoms with Crippen molar-refractivity contribution < 1.29 is 14.0 Å². The minimum absolute atomic E-state index is 0.00114. The third kappa shape index (κ3) is 3.07. The molecule has 0 aliphatic heterocycles. The van der Waals surface area contributed by atoms with Gasteiger partial charge in [0.1, 0.15) is 18.7 Å². The lowest BCUT2D eigenvalue weighted by Gasteiger charge is -2.06. The second kappa shape index (κ2) is 6.45. The van der Waals surface area contributed by atoms with Crippen molar-refractivity contribution in [2.24, 2.45) is 0 Å². The third-order valence-corrected chi connectivity index (χ3v) is 3.46. The highest BCUT2D eigenvalue weighted by molar-refractivity contribution is 6.12. The normalized spacial score (nSPS) is 10.6. The Labute approximate surface area is 136 Å². The first-order chi connectivity index (χ1) is 11.6. The molecule has 0 fully saturated rings. The first-order valence-corrected chi connectivity index (χ1v) is 7.17. The number of likely N-dealkylation sites (N-methyl/N-ethyl adjacent to an activating group) is 1. The van der Waals surface area contributed by atoms with E-state index >= 15 is 0 Å². The zero-order valence-corrected chi connectivity index (χ0v) is 12.8. The molecule has 0 aliphatic carbocycles. The summed E-state index contributed by atoms with van der Waals surface area (Å²) in [5, 5.41) is 9.87. The molecule has 3 aromatic rings. The highest BCUT2D eigenvalue weighted by atomic mass is 19.1. The van der Waals surface area contributed by atoms with Crippen LogP contribution in [0.15, 0.2) is 42.7 Å². The molecule has 0 radical (unpaired) electrons. The summed E-state index contributed by atoms with van der Waals surface area (Å²) in [6, 6.07) is 9.37. The van der Waals surface area contributed by atoms with Gasteiger partial charge in [-0.25, -0.2) is 14.1 Å². The number of benzene rings is 2. The van der Waals surface area contributed by atoms with Gasteiger partial charge in [-0.2, -0.15) is 0 Å². The van der Waals surface area contributed by atoms with Crippen molar-refractivity contribution in [2.75, 3.05) is 12.4 Å². The van der Waals surface area contributed by atoms with Crippen LogP contribution in [-0.2, 0) is 11.3 Å². The molecule has 3 rings (SSSR count). The summed E-state index contributed by atoms with van der Waals surface area (Å²) in [5.74, 6) is -1.02. The largest absolute Gasteiger partial charge is 0.358 e. The summed E-state index contributed by atoms with van der Waals surface area (Å²) in [7, 11) is 1.52. The molecule has 0 saturated carbocycles. The van der Waals surface area contributed by atoms with E-state index in [1.807, 2.05) is 0 Å². The minimum atomic E-state index is -0.455. The van der Waals surface area contributed by atoms with Gasteiger partial charge < -0.3 is 5.32 Å². The summed E-state index contributed by atoms with van der Waals surface area (Å²) in [4.78, 5) is 27.6. The fourth-order valence-corrected chi connectivity index (χ4v) is 2.28. The highest BCUT2D eigenvalue weighted by Crippen LogP contribution is 2.22. The number of nitrogens with zero attached hydrogens (tertiary/aromatic N) is 3. The molecular formula is C16H14FN5O2. The molecule has 2 aromatic carbocycles. The molecular weight excluding hydrogens is 313 g/mol. The van der Waals surface area contributed by atoms with Crippen LogP contribution in [0.25, 0.3) is 10.8 Å². The van der Waals surface area contributed by atoms with Gasteiger partial charge >= 0.3 is 0 Å². The maximum absolute atomic E-state index is 13.8. The fraction of sp³-hybridized carbons (Fsp3) is 0.125. The maximum Gasteiger partial charge on any atom is 0.258 e. The summed E-state index contributed by atoms with van der Waals surface area (Å²) in [6.45, 7) is -0.00114. The summed E-state index contributed by atoms with van der Waals surface area (Å²) in [6.07, 6.45) is 1.34. The lowest BCUT2D eigenvalue weighted by Crippen LogP contribution is -2.23. The molecule has 0 atom stereocenters. The zero-order valence-electron chi connectivity index (χ0n) is 12.8. The Morgan fingerprint density at radius 2 is 1.92 bits per heavy atom. The number of hydrogen-bond donors (Lipinski definition) is 2. The van der Waals surface area contributed by atoms with Crippen LogP contribution < -0.4 is 10.6 Å². The summed E-state index contributed by atoms with van der Waals surface area (Å²) in [5.41, 5.74) is 0.314. The minimum Gasteiger partial charge on any atom is -0.358 e. The summed E-state index contributed by atoms with van der Waals surface area (Å²) >= 11 is 0. The predicted octanol–water partition coefficient (Wildman–Crippen LogP) is 1.57. The topological polar surface area (TPSA) is 88.9 Å². The number of carbonyl (C=O) groups is 2. The van der Waals surface area contributed by atoms with Crippen LogP contribution in [0.3, 0.4) is 0 Å². The number of carbonyl (C=O) groups excluding carboxylic acids is 2. The van der Waals surface area contributed by atoms with Crippen LogP contribution >= 0.6 is 0 Å². The van der Waals surface area contributed by atoms with Crippen LogP contribution in [0.2, 0.25) is 0 Å². The van der Waals surface area contributed by atoms with Crippen LogP contribution in [0.1, 0.15) is 10.4 Å². The van der Waals surface area contributed by atoms with Gasteiger partial charge in [0.15, 0.2) is 0 Å². The van der Waals surface area contributed by atoms with Gasteiger partial charge in [0.05, 0.1) is 0 Å². The van der Waals surface area contributed by atoms with Gasteiger partial charge in [0, 0.05) is 18.0 Å². The van der Waals surface area contributed by atoms with Crippen LogP contribution in [0.4, 0.5) is 10.3 Å². The average molecular weight is 327 g/mol. The molecule has 0 bridgehead atoms. The summed E-state index contributed by atoms with van der Waals surface area (Å²) < 4.78 is 15.1. The lowest BCUT2D eigenvalue weighted by molar-refractivity contribution is -0.121. The quantitative estimate of drug-likeness (QED) is 0.761. The van der Waals surface area contributed by atoms with E-state index in [-0.39, 0.29) is 18.4 Å². The van der Waals surface area contributed by atoms with Crippen molar-refractivity contribution in [3.8, 4) is 0 Å². The van der Waals surface area contributed by atoms with Crippen molar-refractivity contribution >= 4 is 28.5 Å². The van der Waals surface area contributed by atoms with E-state index in [0.717, 1.165) is 0 Å². The Morgan fingerprint density at radius 1 is 1.17 bits per heavy atom. The lowest BCUT2D eigenvalue weighted by atomic mass is 10.0. The molecule has 0 unspecified atom stereocenters. The number of anilines is 1. The zero-order chi connectivity index (χ0) is 17.1.